The van der Waals surface area contributed by atoms with E-state index in [-0.39, 0.29) is 5.91 Å². The average molecular weight is 494 g/mol. The molecule has 1 aromatic heterocycles. The van der Waals surface area contributed by atoms with Crippen molar-refractivity contribution < 1.29 is 14.3 Å². The Morgan fingerprint density at radius 2 is 1.72 bits per heavy atom. The largest absolute Gasteiger partial charge is 0.493 e. The van der Waals surface area contributed by atoms with E-state index in [0.717, 1.165) is 45.8 Å². The molecule has 7 heteroatoms. The zero-order valence-electron chi connectivity index (χ0n) is 17.8. The molecule has 164 valence electrons. The first-order chi connectivity index (χ1) is 15.7. The van der Waals surface area contributed by atoms with Crippen LogP contribution in [0.5, 0.6) is 11.5 Å². The lowest BCUT2D eigenvalue weighted by Crippen LogP contribution is -2.25. The predicted molar refractivity (Wildman–Crippen MR) is 128 cm³/mol. The second-order valence-electron chi connectivity index (χ2n) is 7.21. The van der Waals surface area contributed by atoms with Crippen molar-refractivity contribution in [3.63, 3.8) is 0 Å². The van der Waals surface area contributed by atoms with Gasteiger partial charge in [-0.05, 0) is 55.0 Å². The van der Waals surface area contributed by atoms with E-state index in [0.29, 0.717) is 18.7 Å². The maximum absolute atomic E-state index is 12.5. The molecule has 1 heterocycles. The van der Waals surface area contributed by atoms with Gasteiger partial charge in [-0.15, -0.1) is 0 Å². The Balaban J connectivity index is 1.43. The molecule has 0 bridgehead atoms. The van der Waals surface area contributed by atoms with Gasteiger partial charge in [0.05, 0.1) is 31.3 Å². The van der Waals surface area contributed by atoms with Gasteiger partial charge in [0, 0.05) is 16.6 Å². The first-order valence-corrected chi connectivity index (χ1v) is 11.2. The number of amides is 1. The van der Waals surface area contributed by atoms with Crippen LogP contribution in [0.2, 0.25) is 0 Å². The van der Waals surface area contributed by atoms with Gasteiger partial charge in [-0.2, -0.15) is 0 Å². The average Bonchev–Trinajstić information content (AvgIpc) is 3.18. The number of imidazole rings is 1. The normalized spacial score (nSPS) is 10.8. The third-order valence-corrected chi connectivity index (χ3v) is 5.63. The Hall–Kier alpha value is -3.32. The number of benzene rings is 3. The molecule has 0 saturated heterocycles. The number of nitrogens with one attached hydrogen (secondary N) is 1. The molecule has 0 saturated carbocycles. The van der Waals surface area contributed by atoms with Crippen molar-refractivity contribution in [3.8, 4) is 11.5 Å². The molecule has 0 aliphatic rings. The summed E-state index contributed by atoms with van der Waals surface area (Å²) >= 11 is 3.39. The first-order valence-electron chi connectivity index (χ1n) is 10.4. The van der Waals surface area contributed by atoms with E-state index in [9.17, 15) is 4.79 Å². The molecule has 0 unspecified atom stereocenters. The Labute approximate surface area is 195 Å². The Kier molecular flexibility index (Phi) is 7.07. The van der Waals surface area contributed by atoms with E-state index in [1.165, 1.54) is 0 Å². The van der Waals surface area contributed by atoms with E-state index >= 15 is 0 Å². The van der Waals surface area contributed by atoms with Gasteiger partial charge >= 0.3 is 0 Å². The Morgan fingerprint density at radius 3 is 2.50 bits per heavy atom. The second kappa shape index (κ2) is 10.3. The van der Waals surface area contributed by atoms with Crippen LogP contribution in [0.25, 0.3) is 11.0 Å². The molecule has 0 atom stereocenters. The molecule has 4 aromatic rings. The number of rotatable bonds is 9. The monoisotopic (exact) mass is 493 g/mol. The van der Waals surface area contributed by atoms with Crippen LogP contribution in [0, 0.1) is 0 Å². The highest BCUT2D eigenvalue weighted by molar-refractivity contribution is 9.10. The van der Waals surface area contributed by atoms with Gasteiger partial charge in [0.1, 0.15) is 5.82 Å². The first kappa shape index (κ1) is 21.9. The van der Waals surface area contributed by atoms with Gasteiger partial charge in [-0.25, -0.2) is 4.98 Å². The van der Waals surface area contributed by atoms with Crippen molar-refractivity contribution >= 4 is 32.9 Å². The molecule has 1 N–H and O–H groups in total. The Bertz CT molecular complexity index is 1200. The maximum Gasteiger partial charge on any atom is 0.251 e. The number of carbonyl (C=O) groups is 1. The van der Waals surface area contributed by atoms with E-state index in [4.69, 9.17) is 14.5 Å². The summed E-state index contributed by atoms with van der Waals surface area (Å²) in [6, 6.07) is 22.9. The number of aryl methyl sites for hydroxylation is 1. The minimum Gasteiger partial charge on any atom is -0.493 e. The highest BCUT2D eigenvalue weighted by atomic mass is 79.9. The topological polar surface area (TPSA) is 65.4 Å². The molecular formula is C25H24BrN3O3. The molecule has 0 aliphatic heterocycles. The maximum atomic E-state index is 12.5. The highest BCUT2D eigenvalue weighted by Gasteiger charge is 2.13. The van der Waals surface area contributed by atoms with Crippen molar-refractivity contribution in [3.05, 3.63) is 88.7 Å². The van der Waals surface area contributed by atoms with E-state index < -0.39 is 0 Å². The van der Waals surface area contributed by atoms with Gasteiger partial charge in [-0.3, -0.25) is 4.79 Å². The van der Waals surface area contributed by atoms with Gasteiger partial charge in [0.25, 0.3) is 5.91 Å². The molecule has 3 aromatic carbocycles. The van der Waals surface area contributed by atoms with Crippen LogP contribution in [-0.2, 0) is 13.1 Å². The number of para-hydroxylation sites is 4. The lowest BCUT2D eigenvalue weighted by molar-refractivity contribution is 0.0949. The number of methoxy groups -OCH3 is 1. The van der Waals surface area contributed by atoms with Crippen LogP contribution in [-0.4, -0.2) is 29.2 Å². The number of nitrogens with zero attached hydrogens (tertiary/aromatic N) is 2. The van der Waals surface area contributed by atoms with Gasteiger partial charge in [0.15, 0.2) is 11.5 Å². The van der Waals surface area contributed by atoms with Gasteiger partial charge < -0.3 is 19.4 Å². The summed E-state index contributed by atoms with van der Waals surface area (Å²) in [6.45, 7) is 1.60. The molecule has 1 amide bonds. The van der Waals surface area contributed by atoms with Crippen molar-refractivity contribution in [2.24, 2.45) is 0 Å². The fourth-order valence-electron chi connectivity index (χ4n) is 3.52. The van der Waals surface area contributed by atoms with Crippen LogP contribution in [0.4, 0.5) is 0 Å². The summed E-state index contributed by atoms with van der Waals surface area (Å²) in [5.41, 5.74) is 2.56. The minimum atomic E-state index is -0.129. The standard InChI is InChI=1S/C25H24BrN3O3/c1-31-22-9-4-5-10-23(22)32-16-6-15-29-21-8-3-2-7-20(21)28-24(29)17-27-25(30)18-11-13-19(26)14-12-18/h2-5,7-14H,6,15-17H2,1H3,(H,27,30). The van der Waals surface area contributed by atoms with Crippen LogP contribution >= 0.6 is 15.9 Å². The van der Waals surface area contributed by atoms with E-state index in [1.807, 2.05) is 60.7 Å². The zero-order valence-corrected chi connectivity index (χ0v) is 19.3. The number of carbonyl (C=O) groups excluding carboxylic acids is 1. The molecule has 0 radical (unpaired) electrons. The van der Waals surface area contributed by atoms with Crippen molar-refractivity contribution in [1.29, 1.82) is 0 Å². The number of aromatic nitrogens is 2. The highest BCUT2D eigenvalue weighted by Crippen LogP contribution is 2.26. The summed E-state index contributed by atoms with van der Waals surface area (Å²) < 4.78 is 14.3. The SMILES string of the molecule is COc1ccccc1OCCCn1c(CNC(=O)c2ccc(Br)cc2)nc2ccccc21. The molecule has 0 spiro atoms. The van der Waals surface area contributed by atoms with Crippen LogP contribution in [0.15, 0.2) is 77.3 Å². The Morgan fingerprint density at radius 1 is 1.00 bits per heavy atom. The third-order valence-electron chi connectivity index (χ3n) is 5.10. The summed E-state index contributed by atoms with van der Waals surface area (Å²) in [6.07, 6.45) is 0.784. The number of hydrogen-bond donors (Lipinski definition) is 1. The van der Waals surface area contributed by atoms with Crippen LogP contribution in [0.1, 0.15) is 22.6 Å². The summed E-state index contributed by atoms with van der Waals surface area (Å²) in [5, 5.41) is 2.98. The molecule has 4 rings (SSSR count). The minimum absolute atomic E-state index is 0.129. The summed E-state index contributed by atoms with van der Waals surface area (Å²) in [7, 11) is 1.63. The fraction of sp³-hybridized carbons (Fsp3) is 0.200. The second-order valence-corrected chi connectivity index (χ2v) is 8.13. The zero-order chi connectivity index (χ0) is 22.3. The molecular weight excluding hydrogens is 470 g/mol. The van der Waals surface area contributed by atoms with Crippen LogP contribution < -0.4 is 14.8 Å². The van der Waals surface area contributed by atoms with Gasteiger partial charge in [-0.1, -0.05) is 40.2 Å². The van der Waals surface area contributed by atoms with Crippen molar-refractivity contribution in [2.45, 2.75) is 19.5 Å². The lowest BCUT2D eigenvalue weighted by atomic mass is 10.2. The predicted octanol–water partition coefficient (Wildman–Crippen LogP) is 5.21. The van der Waals surface area contributed by atoms with Gasteiger partial charge in [0.2, 0.25) is 0 Å². The van der Waals surface area contributed by atoms with E-state index in [1.54, 1.807) is 19.2 Å². The number of hydrogen-bond acceptors (Lipinski definition) is 4. The number of ether oxygens (including phenoxy) is 2. The molecule has 0 fully saturated rings. The summed E-state index contributed by atoms with van der Waals surface area (Å²) in [5.74, 6) is 2.13. The third kappa shape index (κ3) is 5.11. The molecule has 0 aliphatic carbocycles. The van der Waals surface area contributed by atoms with E-state index in [2.05, 4.69) is 25.8 Å². The van der Waals surface area contributed by atoms with Crippen LogP contribution in [0.3, 0.4) is 0 Å². The number of fused-ring (bicyclic) bond motifs is 1. The fourth-order valence-corrected chi connectivity index (χ4v) is 3.78. The lowest BCUT2D eigenvalue weighted by Gasteiger charge is -2.12. The molecule has 32 heavy (non-hydrogen) atoms. The quantitative estimate of drug-likeness (QED) is 0.325. The molecule has 6 nitrogen and oxygen atoms in total. The smallest absolute Gasteiger partial charge is 0.251 e. The van der Waals surface area contributed by atoms with Crippen molar-refractivity contribution in [1.82, 2.24) is 14.9 Å². The summed E-state index contributed by atoms with van der Waals surface area (Å²) in [4.78, 5) is 17.3. The van der Waals surface area contributed by atoms with Crippen molar-refractivity contribution in [2.75, 3.05) is 13.7 Å². The number of halogens is 1.